The van der Waals surface area contributed by atoms with Crippen molar-refractivity contribution in [1.29, 1.82) is 5.41 Å². The summed E-state index contributed by atoms with van der Waals surface area (Å²) in [5.41, 5.74) is 6.80. The number of carbonyl (C=O) groups is 2. The highest BCUT2D eigenvalue weighted by Crippen LogP contribution is 2.37. The molecule has 1 amide bonds. The number of anilines is 2. The standard InChI is InChI=1S/C26H26N4O5/c1-14-11-19(21-9-10-22(35-21)26(33)34)24(31)20(12-14)29-30-23(15(2)27)25(32)28-18-8-7-16-5-3-4-6-17(16)13-18/h7-13,27,29,31H,3-6H2,1-2H3,(H,28,32)(H,33,34)/b27-15?,30-23-. The fraction of sp³-hybridized carbons (Fsp3) is 0.231. The molecule has 1 aliphatic carbocycles. The first-order valence-electron chi connectivity index (χ1n) is 11.2. The molecule has 0 unspecified atom stereocenters. The number of aromatic carboxylic acids is 1. The molecule has 0 spiro atoms. The van der Waals surface area contributed by atoms with Crippen LogP contribution in [0, 0.1) is 12.3 Å². The molecule has 0 radical (unpaired) electrons. The molecule has 9 heteroatoms. The zero-order valence-corrected chi connectivity index (χ0v) is 19.4. The van der Waals surface area contributed by atoms with E-state index in [9.17, 15) is 14.7 Å². The molecule has 1 aromatic heterocycles. The lowest BCUT2D eigenvalue weighted by Crippen LogP contribution is -2.29. The number of nitrogens with zero attached hydrogens (tertiary/aromatic N) is 1. The smallest absolute Gasteiger partial charge is 0.371 e. The lowest BCUT2D eigenvalue weighted by atomic mass is 9.91. The Bertz CT molecular complexity index is 1360. The Morgan fingerprint density at radius 3 is 2.49 bits per heavy atom. The number of carboxylic acid groups (broad SMARTS) is 1. The molecule has 4 rings (SSSR count). The van der Waals surface area contributed by atoms with Crippen LogP contribution in [-0.2, 0) is 17.6 Å². The number of hydrazone groups is 1. The number of rotatable bonds is 7. The molecule has 0 fully saturated rings. The van der Waals surface area contributed by atoms with Crippen molar-refractivity contribution >= 4 is 34.7 Å². The van der Waals surface area contributed by atoms with Gasteiger partial charge in [-0.05, 0) is 92.6 Å². The maximum absolute atomic E-state index is 12.9. The van der Waals surface area contributed by atoms with E-state index in [2.05, 4.69) is 15.8 Å². The molecule has 3 aromatic rings. The van der Waals surface area contributed by atoms with Gasteiger partial charge in [-0.25, -0.2) is 4.79 Å². The SMILES string of the molecule is CC(=N)/C(=N/Nc1cc(C)cc(-c2ccc(C(=O)O)o2)c1O)C(=O)Nc1ccc2c(c1)CCCC2. The van der Waals surface area contributed by atoms with Gasteiger partial charge in [0.05, 0.1) is 17.0 Å². The number of carbonyl (C=O) groups excluding carboxylic acids is 1. The van der Waals surface area contributed by atoms with Crippen LogP contribution in [0.1, 0.15) is 47.0 Å². The fourth-order valence-corrected chi connectivity index (χ4v) is 4.07. The zero-order chi connectivity index (χ0) is 25.1. The van der Waals surface area contributed by atoms with Gasteiger partial charge >= 0.3 is 5.97 Å². The highest BCUT2D eigenvalue weighted by molar-refractivity contribution is 6.67. The molecule has 5 N–H and O–H groups in total. The average molecular weight is 475 g/mol. The Balaban J connectivity index is 1.57. The minimum absolute atomic E-state index is 0.0579. The van der Waals surface area contributed by atoms with Gasteiger partial charge in [-0.1, -0.05) is 6.07 Å². The van der Waals surface area contributed by atoms with Crippen molar-refractivity contribution in [2.24, 2.45) is 5.10 Å². The molecule has 0 saturated heterocycles. The van der Waals surface area contributed by atoms with E-state index < -0.39 is 11.9 Å². The molecule has 35 heavy (non-hydrogen) atoms. The molecule has 1 aliphatic rings. The summed E-state index contributed by atoms with van der Waals surface area (Å²) in [6, 6.07) is 11.8. The van der Waals surface area contributed by atoms with Crippen LogP contribution in [0.2, 0.25) is 0 Å². The average Bonchev–Trinajstić information content (AvgIpc) is 3.31. The summed E-state index contributed by atoms with van der Waals surface area (Å²) in [6.45, 7) is 3.23. The van der Waals surface area contributed by atoms with Gasteiger partial charge in [0.1, 0.15) is 5.76 Å². The number of furan rings is 1. The van der Waals surface area contributed by atoms with Crippen molar-refractivity contribution in [1.82, 2.24) is 0 Å². The summed E-state index contributed by atoms with van der Waals surface area (Å²) in [5.74, 6) is -2.09. The monoisotopic (exact) mass is 474 g/mol. The number of nitrogens with one attached hydrogen (secondary N) is 3. The van der Waals surface area contributed by atoms with Crippen molar-refractivity contribution < 1.29 is 24.2 Å². The Labute approximate surface area is 202 Å². The third-order valence-electron chi connectivity index (χ3n) is 5.80. The number of hydrogen-bond acceptors (Lipinski definition) is 7. The minimum Gasteiger partial charge on any atom is -0.505 e. The van der Waals surface area contributed by atoms with Gasteiger partial charge in [0.15, 0.2) is 11.5 Å². The first-order valence-corrected chi connectivity index (χ1v) is 11.2. The van der Waals surface area contributed by atoms with E-state index in [0.29, 0.717) is 5.69 Å². The van der Waals surface area contributed by atoms with Crippen LogP contribution in [0.3, 0.4) is 0 Å². The molecular formula is C26H26N4O5. The summed E-state index contributed by atoms with van der Waals surface area (Å²) < 4.78 is 5.31. The number of aromatic hydroxyl groups is 1. The Hall–Kier alpha value is -4.40. The second-order valence-corrected chi connectivity index (χ2v) is 8.52. The second kappa shape index (κ2) is 9.84. The summed E-state index contributed by atoms with van der Waals surface area (Å²) in [4.78, 5) is 24.0. The lowest BCUT2D eigenvalue weighted by molar-refractivity contribution is -0.110. The Kier molecular flexibility index (Phi) is 6.68. The normalized spacial score (nSPS) is 13.1. The van der Waals surface area contributed by atoms with Gasteiger partial charge in [0, 0.05) is 5.69 Å². The molecule has 9 nitrogen and oxygen atoms in total. The van der Waals surface area contributed by atoms with Gasteiger partial charge in [-0.3, -0.25) is 10.2 Å². The molecule has 2 aromatic carbocycles. The summed E-state index contributed by atoms with van der Waals surface area (Å²) in [6.07, 6.45) is 4.31. The Morgan fingerprint density at radius 1 is 1.06 bits per heavy atom. The van der Waals surface area contributed by atoms with Crippen LogP contribution in [0.5, 0.6) is 5.75 Å². The quantitative estimate of drug-likeness (QED) is 0.185. The number of amides is 1. The van der Waals surface area contributed by atoms with Crippen molar-refractivity contribution in [3.8, 4) is 17.1 Å². The summed E-state index contributed by atoms with van der Waals surface area (Å²) in [5, 5.41) is 34.8. The predicted octanol–water partition coefficient (Wildman–Crippen LogP) is 4.98. The number of phenolic OH excluding ortho intramolecular Hbond substituents is 1. The van der Waals surface area contributed by atoms with E-state index in [1.807, 2.05) is 18.2 Å². The van der Waals surface area contributed by atoms with Crippen LogP contribution < -0.4 is 10.7 Å². The third kappa shape index (κ3) is 5.24. The topological polar surface area (TPSA) is 148 Å². The fourth-order valence-electron chi connectivity index (χ4n) is 4.07. The molecule has 0 bridgehead atoms. The summed E-state index contributed by atoms with van der Waals surface area (Å²) in [7, 11) is 0. The third-order valence-corrected chi connectivity index (χ3v) is 5.80. The van der Waals surface area contributed by atoms with E-state index >= 15 is 0 Å². The number of carboxylic acids is 1. The van der Waals surface area contributed by atoms with Crippen molar-refractivity contribution in [3.05, 3.63) is 64.9 Å². The van der Waals surface area contributed by atoms with Crippen molar-refractivity contribution in [3.63, 3.8) is 0 Å². The van der Waals surface area contributed by atoms with Gasteiger partial charge in [-0.2, -0.15) is 5.10 Å². The maximum Gasteiger partial charge on any atom is 0.371 e. The van der Waals surface area contributed by atoms with E-state index in [1.165, 1.54) is 36.6 Å². The predicted molar refractivity (Wildman–Crippen MR) is 134 cm³/mol. The molecule has 0 atom stereocenters. The van der Waals surface area contributed by atoms with Crippen LogP contribution in [0.4, 0.5) is 11.4 Å². The second-order valence-electron chi connectivity index (χ2n) is 8.52. The number of hydrogen-bond donors (Lipinski definition) is 5. The number of phenols is 1. The molecule has 180 valence electrons. The zero-order valence-electron chi connectivity index (χ0n) is 19.4. The van der Waals surface area contributed by atoms with Gasteiger partial charge in [-0.15, -0.1) is 0 Å². The number of benzene rings is 2. The van der Waals surface area contributed by atoms with E-state index in [-0.39, 0.29) is 39.9 Å². The highest BCUT2D eigenvalue weighted by atomic mass is 16.4. The number of aryl methyl sites for hydroxylation is 3. The van der Waals surface area contributed by atoms with Gasteiger partial charge in [0.25, 0.3) is 5.91 Å². The summed E-state index contributed by atoms with van der Waals surface area (Å²) >= 11 is 0. The molecule has 1 heterocycles. The maximum atomic E-state index is 12.9. The molecular weight excluding hydrogens is 448 g/mol. The van der Waals surface area contributed by atoms with E-state index in [4.69, 9.17) is 14.9 Å². The lowest BCUT2D eigenvalue weighted by Gasteiger charge is -2.17. The minimum atomic E-state index is -1.22. The van der Waals surface area contributed by atoms with Crippen molar-refractivity contribution in [2.45, 2.75) is 39.5 Å². The van der Waals surface area contributed by atoms with Crippen LogP contribution in [-0.4, -0.2) is 33.5 Å². The first-order chi connectivity index (χ1) is 16.7. The largest absolute Gasteiger partial charge is 0.505 e. The van der Waals surface area contributed by atoms with Crippen molar-refractivity contribution in [2.75, 3.05) is 10.7 Å². The molecule has 0 aliphatic heterocycles. The number of fused-ring (bicyclic) bond motifs is 1. The van der Waals surface area contributed by atoms with Crippen LogP contribution in [0.15, 0.2) is 52.0 Å². The van der Waals surface area contributed by atoms with E-state index in [1.54, 1.807) is 19.1 Å². The van der Waals surface area contributed by atoms with Crippen LogP contribution >= 0.6 is 0 Å². The van der Waals surface area contributed by atoms with E-state index in [0.717, 1.165) is 24.8 Å². The molecule has 0 saturated carbocycles. The van der Waals surface area contributed by atoms with Gasteiger partial charge in [0.2, 0.25) is 5.76 Å². The first kappa shape index (κ1) is 23.7. The highest BCUT2D eigenvalue weighted by Gasteiger charge is 2.19. The van der Waals surface area contributed by atoms with Crippen LogP contribution in [0.25, 0.3) is 11.3 Å². The Morgan fingerprint density at radius 2 is 1.80 bits per heavy atom. The van der Waals surface area contributed by atoms with Gasteiger partial charge < -0.3 is 25.4 Å².